The Kier molecular flexibility index (Phi) is 5.43. The highest BCUT2D eigenvalue weighted by molar-refractivity contribution is 5.92. The monoisotopic (exact) mass is 338 g/mol. The number of rotatable bonds is 5. The first-order valence-electron chi connectivity index (χ1n) is 8.98. The molecule has 1 saturated heterocycles. The molecule has 0 aliphatic carbocycles. The topological polar surface area (TPSA) is 49.3 Å². The van der Waals surface area contributed by atoms with E-state index in [1.807, 2.05) is 24.8 Å². The van der Waals surface area contributed by atoms with Crippen LogP contribution in [0.3, 0.4) is 0 Å². The second-order valence-corrected chi connectivity index (χ2v) is 6.66. The standard InChI is InChI=1S/C20H26N4O/c1-4-24(20(25)19-13-21-15(2)12-22-19)18-10-11-23(14-18)16(3)17-8-6-5-7-9-17/h5-9,12-13,16,18H,4,10-11,14H2,1-3H3/t16-,18+/m0/s1. The van der Waals surface area contributed by atoms with Gasteiger partial charge in [-0.3, -0.25) is 14.7 Å². The van der Waals surface area contributed by atoms with Crippen LogP contribution in [0.4, 0.5) is 0 Å². The second-order valence-electron chi connectivity index (χ2n) is 6.66. The Labute approximate surface area is 149 Å². The summed E-state index contributed by atoms with van der Waals surface area (Å²) in [6.07, 6.45) is 4.23. The number of likely N-dealkylation sites (tertiary alicyclic amines) is 1. The third kappa shape index (κ3) is 3.87. The van der Waals surface area contributed by atoms with E-state index < -0.39 is 0 Å². The summed E-state index contributed by atoms with van der Waals surface area (Å²) >= 11 is 0. The average Bonchev–Trinajstić information content (AvgIpc) is 3.12. The van der Waals surface area contributed by atoms with E-state index in [-0.39, 0.29) is 11.9 Å². The first kappa shape index (κ1) is 17.5. The zero-order chi connectivity index (χ0) is 17.8. The molecule has 0 spiro atoms. The van der Waals surface area contributed by atoms with Crippen LogP contribution in [0.5, 0.6) is 0 Å². The molecule has 1 aromatic heterocycles. The van der Waals surface area contributed by atoms with Gasteiger partial charge in [0.05, 0.1) is 11.9 Å². The van der Waals surface area contributed by atoms with Gasteiger partial charge in [-0.25, -0.2) is 4.98 Å². The van der Waals surface area contributed by atoms with Gasteiger partial charge < -0.3 is 4.90 Å². The van der Waals surface area contributed by atoms with Crippen LogP contribution in [-0.4, -0.2) is 51.4 Å². The van der Waals surface area contributed by atoms with Crippen LogP contribution in [0, 0.1) is 6.92 Å². The van der Waals surface area contributed by atoms with Gasteiger partial charge in [0.25, 0.3) is 5.91 Å². The molecule has 132 valence electrons. The Morgan fingerprint density at radius 1 is 1.28 bits per heavy atom. The number of amides is 1. The number of aromatic nitrogens is 2. The van der Waals surface area contributed by atoms with Gasteiger partial charge in [0, 0.05) is 37.9 Å². The van der Waals surface area contributed by atoms with E-state index >= 15 is 0 Å². The maximum absolute atomic E-state index is 12.8. The molecule has 0 N–H and O–H groups in total. The molecule has 5 heteroatoms. The molecule has 25 heavy (non-hydrogen) atoms. The van der Waals surface area contributed by atoms with Crippen molar-refractivity contribution in [2.75, 3.05) is 19.6 Å². The van der Waals surface area contributed by atoms with Gasteiger partial charge in [-0.05, 0) is 32.8 Å². The summed E-state index contributed by atoms with van der Waals surface area (Å²) in [6.45, 7) is 8.73. The number of hydrogen-bond donors (Lipinski definition) is 0. The third-order valence-corrected chi connectivity index (χ3v) is 5.07. The van der Waals surface area contributed by atoms with Crippen molar-refractivity contribution in [3.8, 4) is 0 Å². The summed E-state index contributed by atoms with van der Waals surface area (Å²) in [7, 11) is 0. The average molecular weight is 338 g/mol. The van der Waals surface area contributed by atoms with Crippen molar-refractivity contribution in [1.29, 1.82) is 0 Å². The number of nitrogens with zero attached hydrogens (tertiary/aromatic N) is 4. The highest BCUT2D eigenvalue weighted by Gasteiger charge is 2.33. The summed E-state index contributed by atoms with van der Waals surface area (Å²) in [5.41, 5.74) is 2.58. The van der Waals surface area contributed by atoms with E-state index in [2.05, 4.69) is 46.1 Å². The molecule has 0 unspecified atom stereocenters. The molecule has 3 rings (SSSR count). The van der Waals surface area contributed by atoms with Crippen LogP contribution in [0.25, 0.3) is 0 Å². The smallest absolute Gasteiger partial charge is 0.274 e. The summed E-state index contributed by atoms with van der Waals surface area (Å²) in [5.74, 6) is -0.0192. The molecule has 1 aliphatic rings. The summed E-state index contributed by atoms with van der Waals surface area (Å²) in [6, 6.07) is 11.1. The summed E-state index contributed by atoms with van der Waals surface area (Å²) in [5, 5.41) is 0. The number of carbonyl (C=O) groups is 1. The molecular weight excluding hydrogens is 312 g/mol. The van der Waals surface area contributed by atoms with Gasteiger partial charge in [0.2, 0.25) is 0 Å². The lowest BCUT2D eigenvalue weighted by Gasteiger charge is -2.29. The molecule has 2 heterocycles. The lowest BCUT2D eigenvalue weighted by atomic mass is 10.1. The predicted molar refractivity (Wildman–Crippen MR) is 98.3 cm³/mol. The molecule has 1 amide bonds. The molecule has 1 aromatic carbocycles. The van der Waals surface area contributed by atoms with E-state index in [0.29, 0.717) is 18.3 Å². The van der Waals surface area contributed by atoms with Crippen LogP contribution < -0.4 is 0 Å². The first-order valence-corrected chi connectivity index (χ1v) is 8.98. The van der Waals surface area contributed by atoms with Crippen molar-refractivity contribution in [2.24, 2.45) is 0 Å². The van der Waals surface area contributed by atoms with Crippen molar-refractivity contribution in [1.82, 2.24) is 19.8 Å². The molecule has 1 aliphatic heterocycles. The van der Waals surface area contributed by atoms with Gasteiger partial charge in [0.15, 0.2) is 0 Å². The molecule has 5 nitrogen and oxygen atoms in total. The molecule has 0 saturated carbocycles. The SMILES string of the molecule is CCN(C(=O)c1cnc(C)cn1)[C@@H]1CCN([C@@H](C)c2ccccc2)C1. The van der Waals surface area contributed by atoms with Gasteiger partial charge >= 0.3 is 0 Å². The third-order valence-electron chi connectivity index (χ3n) is 5.07. The maximum atomic E-state index is 12.8. The lowest BCUT2D eigenvalue weighted by Crippen LogP contribution is -2.42. The Balaban J connectivity index is 1.68. The molecular formula is C20H26N4O. The van der Waals surface area contributed by atoms with E-state index in [1.165, 1.54) is 5.56 Å². The van der Waals surface area contributed by atoms with Crippen molar-refractivity contribution in [3.05, 3.63) is 59.7 Å². The van der Waals surface area contributed by atoms with Crippen LogP contribution in [-0.2, 0) is 0 Å². The van der Waals surface area contributed by atoms with Gasteiger partial charge in [-0.2, -0.15) is 0 Å². The number of benzene rings is 1. The van der Waals surface area contributed by atoms with E-state index in [9.17, 15) is 4.79 Å². The first-order chi connectivity index (χ1) is 12.1. The van der Waals surface area contributed by atoms with Crippen LogP contribution in [0.2, 0.25) is 0 Å². The highest BCUT2D eigenvalue weighted by atomic mass is 16.2. The largest absolute Gasteiger partial charge is 0.333 e. The molecule has 0 bridgehead atoms. The summed E-state index contributed by atoms with van der Waals surface area (Å²) in [4.78, 5) is 25.7. The minimum Gasteiger partial charge on any atom is -0.333 e. The predicted octanol–water partition coefficient (Wildman–Crippen LogP) is 3.08. The Morgan fingerprint density at radius 2 is 2.04 bits per heavy atom. The number of likely N-dealkylation sites (N-methyl/N-ethyl adjacent to an activating group) is 1. The fourth-order valence-electron chi connectivity index (χ4n) is 3.53. The Bertz CT molecular complexity index is 701. The number of carbonyl (C=O) groups excluding carboxylic acids is 1. The quantitative estimate of drug-likeness (QED) is 0.841. The minimum atomic E-state index is -0.0192. The number of aryl methyl sites for hydroxylation is 1. The zero-order valence-corrected chi connectivity index (χ0v) is 15.2. The zero-order valence-electron chi connectivity index (χ0n) is 15.2. The van der Waals surface area contributed by atoms with E-state index in [0.717, 1.165) is 25.2 Å². The van der Waals surface area contributed by atoms with Crippen molar-refractivity contribution >= 4 is 5.91 Å². The van der Waals surface area contributed by atoms with Crippen LogP contribution >= 0.6 is 0 Å². The van der Waals surface area contributed by atoms with Crippen LogP contribution in [0.1, 0.15) is 48.1 Å². The van der Waals surface area contributed by atoms with Crippen molar-refractivity contribution in [3.63, 3.8) is 0 Å². The fraction of sp³-hybridized carbons (Fsp3) is 0.450. The van der Waals surface area contributed by atoms with Crippen molar-refractivity contribution < 1.29 is 4.79 Å². The van der Waals surface area contributed by atoms with Gasteiger partial charge in [0.1, 0.15) is 5.69 Å². The molecule has 0 radical (unpaired) electrons. The molecule has 2 aromatic rings. The van der Waals surface area contributed by atoms with E-state index in [1.54, 1.807) is 12.4 Å². The minimum absolute atomic E-state index is 0.0192. The fourth-order valence-corrected chi connectivity index (χ4v) is 3.53. The normalized spacial score (nSPS) is 18.9. The van der Waals surface area contributed by atoms with Gasteiger partial charge in [-0.1, -0.05) is 30.3 Å². The molecule has 2 atom stereocenters. The van der Waals surface area contributed by atoms with Crippen molar-refractivity contribution in [2.45, 2.75) is 39.3 Å². The van der Waals surface area contributed by atoms with E-state index in [4.69, 9.17) is 0 Å². The number of hydrogen-bond acceptors (Lipinski definition) is 4. The van der Waals surface area contributed by atoms with Gasteiger partial charge in [-0.15, -0.1) is 0 Å². The highest BCUT2D eigenvalue weighted by Crippen LogP contribution is 2.27. The summed E-state index contributed by atoms with van der Waals surface area (Å²) < 4.78 is 0. The Morgan fingerprint density at radius 3 is 2.68 bits per heavy atom. The maximum Gasteiger partial charge on any atom is 0.274 e. The second kappa shape index (κ2) is 7.74. The lowest BCUT2D eigenvalue weighted by molar-refractivity contribution is 0.0682. The molecule has 1 fully saturated rings. The van der Waals surface area contributed by atoms with Crippen LogP contribution in [0.15, 0.2) is 42.7 Å². The Hall–Kier alpha value is -2.27.